The van der Waals surface area contributed by atoms with E-state index in [0.29, 0.717) is 11.4 Å². The van der Waals surface area contributed by atoms with Crippen molar-refractivity contribution in [3.63, 3.8) is 0 Å². The third kappa shape index (κ3) is 3.72. The summed E-state index contributed by atoms with van der Waals surface area (Å²) in [6.45, 7) is 3.71. The number of hydrogen-bond donors (Lipinski definition) is 2. The second-order valence-corrected chi connectivity index (χ2v) is 5.73. The lowest BCUT2D eigenvalue weighted by Crippen LogP contribution is -2.17. The van der Waals surface area contributed by atoms with E-state index in [2.05, 4.69) is 26.3 Å². The fourth-order valence-electron chi connectivity index (χ4n) is 1.90. The molecule has 0 radical (unpaired) electrons. The van der Waals surface area contributed by atoms with E-state index >= 15 is 0 Å². The topological polar surface area (TPSA) is 89.2 Å². The molecule has 2 aromatic rings. The average molecular weight is 355 g/mol. The van der Waals surface area contributed by atoms with Gasteiger partial charge < -0.3 is 15.0 Å². The largest absolute Gasteiger partial charge is 0.480 e. The lowest BCUT2D eigenvalue weighted by atomic mass is 10.3. The number of carboxylic acid groups (broad SMARTS) is 1. The summed E-state index contributed by atoms with van der Waals surface area (Å²) in [6, 6.07) is 1.88. The first-order valence-corrected chi connectivity index (χ1v) is 7.09. The molecule has 112 valence electrons. The molecule has 2 heterocycles. The van der Waals surface area contributed by atoms with Crippen molar-refractivity contribution in [2.75, 3.05) is 5.32 Å². The first kappa shape index (κ1) is 15.3. The predicted octanol–water partition coefficient (Wildman–Crippen LogP) is 2.36. The van der Waals surface area contributed by atoms with E-state index in [9.17, 15) is 9.59 Å². The van der Waals surface area contributed by atoms with Crippen LogP contribution < -0.4 is 5.32 Å². The maximum Gasteiger partial charge on any atom is 0.325 e. The van der Waals surface area contributed by atoms with E-state index in [-0.39, 0.29) is 18.5 Å². The number of aromatic nitrogens is 3. The lowest BCUT2D eigenvalue weighted by Gasteiger charge is -2.12. The average Bonchev–Trinajstić information content (AvgIpc) is 2.95. The number of halogens is 1. The Morgan fingerprint density at radius 3 is 2.76 bits per heavy atom. The molecule has 0 atom stereocenters. The minimum atomic E-state index is -0.992. The normalized spacial score (nSPS) is 10.9. The Bertz CT molecular complexity index is 675. The van der Waals surface area contributed by atoms with Crippen LogP contribution in [0.2, 0.25) is 0 Å². The monoisotopic (exact) mass is 354 g/mol. The van der Waals surface area contributed by atoms with Crippen molar-refractivity contribution in [1.29, 1.82) is 0 Å². The molecule has 0 aromatic carbocycles. The summed E-state index contributed by atoms with van der Waals surface area (Å²) in [5.74, 6) is -1.27. The molecule has 0 aliphatic heterocycles. The van der Waals surface area contributed by atoms with Crippen LogP contribution in [0.25, 0.3) is 0 Å². The van der Waals surface area contributed by atoms with E-state index < -0.39 is 5.97 Å². The summed E-state index contributed by atoms with van der Waals surface area (Å²) in [6.07, 6.45) is 4.73. The number of nitrogens with one attached hydrogen (secondary N) is 1. The molecule has 0 aliphatic carbocycles. The number of amides is 1. The fourth-order valence-corrected chi connectivity index (χ4v) is 2.34. The van der Waals surface area contributed by atoms with Crippen molar-refractivity contribution >= 4 is 33.5 Å². The van der Waals surface area contributed by atoms with Gasteiger partial charge in [0.2, 0.25) is 0 Å². The first-order valence-electron chi connectivity index (χ1n) is 6.30. The standard InChI is InChI=1S/C13H15BrN4O3/c1-8(2)18-5-9(14)3-11(18)13(21)16-10-4-15-17(6-10)7-12(19)20/h3-6,8H,7H2,1-2H3,(H,16,21)(H,19,20). The molecular formula is C13H15BrN4O3. The molecule has 2 N–H and O–H groups in total. The van der Waals surface area contributed by atoms with E-state index in [4.69, 9.17) is 5.11 Å². The van der Waals surface area contributed by atoms with Crippen molar-refractivity contribution in [2.24, 2.45) is 0 Å². The molecule has 0 bridgehead atoms. The van der Waals surface area contributed by atoms with Gasteiger partial charge in [-0.25, -0.2) is 0 Å². The number of aliphatic carboxylic acids is 1. The van der Waals surface area contributed by atoms with Gasteiger partial charge in [-0.05, 0) is 35.8 Å². The Labute approximate surface area is 129 Å². The number of anilines is 1. The highest BCUT2D eigenvalue weighted by molar-refractivity contribution is 9.10. The first-order chi connectivity index (χ1) is 9.86. The Hall–Kier alpha value is -2.09. The molecule has 0 unspecified atom stereocenters. The van der Waals surface area contributed by atoms with E-state index in [1.165, 1.54) is 17.1 Å². The van der Waals surface area contributed by atoms with Gasteiger partial charge in [-0.3, -0.25) is 14.3 Å². The Balaban J connectivity index is 2.14. The summed E-state index contributed by atoms with van der Waals surface area (Å²) in [5.41, 5.74) is 0.969. The molecule has 2 rings (SSSR count). The van der Waals surface area contributed by atoms with Gasteiger partial charge in [0.05, 0.1) is 11.9 Å². The van der Waals surface area contributed by atoms with Crippen molar-refractivity contribution in [3.8, 4) is 0 Å². The number of hydrogen-bond acceptors (Lipinski definition) is 3. The molecule has 21 heavy (non-hydrogen) atoms. The van der Waals surface area contributed by atoms with Crippen LogP contribution in [0.15, 0.2) is 29.1 Å². The maximum absolute atomic E-state index is 12.3. The van der Waals surface area contributed by atoms with Crippen LogP contribution in [-0.2, 0) is 11.3 Å². The SMILES string of the molecule is CC(C)n1cc(Br)cc1C(=O)Nc1cnn(CC(=O)O)c1. The van der Waals surface area contributed by atoms with Gasteiger partial charge in [0.15, 0.2) is 0 Å². The van der Waals surface area contributed by atoms with Gasteiger partial charge in [0.1, 0.15) is 12.2 Å². The van der Waals surface area contributed by atoms with Crippen molar-refractivity contribution < 1.29 is 14.7 Å². The minimum absolute atomic E-state index is 0.145. The van der Waals surface area contributed by atoms with Gasteiger partial charge in [-0.2, -0.15) is 5.10 Å². The minimum Gasteiger partial charge on any atom is -0.480 e. The summed E-state index contributed by atoms with van der Waals surface area (Å²) in [4.78, 5) is 22.9. The molecule has 0 saturated heterocycles. The van der Waals surface area contributed by atoms with E-state index in [1.807, 2.05) is 24.6 Å². The van der Waals surface area contributed by atoms with Crippen LogP contribution in [0.5, 0.6) is 0 Å². The van der Waals surface area contributed by atoms with E-state index in [0.717, 1.165) is 4.47 Å². The second kappa shape index (κ2) is 6.13. The number of rotatable bonds is 5. The van der Waals surface area contributed by atoms with Crippen LogP contribution in [0.1, 0.15) is 30.4 Å². The quantitative estimate of drug-likeness (QED) is 0.862. The van der Waals surface area contributed by atoms with Crippen LogP contribution in [0, 0.1) is 0 Å². The van der Waals surface area contributed by atoms with Crippen LogP contribution in [0.4, 0.5) is 5.69 Å². The van der Waals surface area contributed by atoms with E-state index in [1.54, 1.807) is 6.07 Å². The van der Waals surface area contributed by atoms with Crippen molar-refractivity contribution in [1.82, 2.24) is 14.3 Å². The van der Waals surface area contributed by atoms with Gasteiger partial charge in [-0.1, -0.05) is 0 Å². The zero-order chi connectivity index (χ0) is 15.6. The zero-order valence-electron chi connectivity index (χ0n) is 11.6. The second-order valence-electron chi connectivity index (χ2n) is 4.82. The molecule has 1 amide bonds. The van der Waals surface area contributed by atoms with Gasteiger partial charge >= 0.3 is 5.97 Å². The molecule has 0 saturated carbocycles. The molecule has 2 aromatic heterocycles. The van der Waals surface area contributed by atoms with Gasteiger partial charge in [-0.15, -0.1) is 0 Å². The van der Waals surface area contributed by atoms with Gasteiger partial charge in [0, 0.05) is 22.9 Å². The van der Waals surface area contributed by atoms with Gasteiger partial charge in [0.25, 0.3) is 5.91 Å². The summed E-state index contributed by atoms with van der Waals surface area (Å²) < 4.78 is 3.92. The Morgan fingerprint density at radius 2 is 2.14 bits per heavy atom. The molecule has 7 nitrogen and oxygen atoms in total. The highest BCUT2D eigenvalue weighted by atomic mass is 79.9. The summed E-state index contributed by atoms with van der Waals surface area (Å²) >= 11 is 3.35. The predicted molar refractivity (Wildman–Crippen MR) is 80.3 cm³/mol. The van der Waals surface area contributed by atoms with Crippen molar-refractivity contribution in [2.45, 2.75) is 26.4 Å². The van der Waals surface area contributed by atoms with Crippen LogP contribution >= 0.6 is 15.9 Å². The maximum atomic E-state index is 12.3. The van der Waals surface area contributed by atoms with Crippen LogP contribution in [-0.4, -0.2) is 31.3 Å². The molecular weight excluding hydrogens is 340 g/mol. The van der Waals surface area contributed by atoms with Crippen molar-refractivity contribution in [3.05, 3.63) is 34.8 Å². The molecule has 0 spiro atoms. The smallest absolute Gasteiger partial charge is 0.325 e. The summed E-state index contributed by atoms with van der Waals surface area (Å²) in [5, 5.41) is 15.3. The fraction of sp³-hybridized carbons (Fsp3) is 0.308. The molecule has 0 fully saturated rings. The highest BCUT2D eigenvalue weighted by Crippen LogP contribution is 2.20. The third-order valence-electron chi connectivity index (χ3n) is 2.79. The third-order valence-corrected chi connectivity index (χ3v) is 3.23. The highest BCUT2D eigenvalue weighted by Gasteiger charge is 2.16. The zero-order valence-corrected chi connectivity index (χ0v) is 13.2. The molecule has 8 heteroatoms. The number of carbonyl (C=O) groups excluding carboxylic acids is 1. The lowest BCUT2D eigenvalue weighted by molar-refractivity contribution is -0.137. The summed E-state index contributed by atoms with van der Waals surface area (Å²) in [7, 11) is 0. The Kier molecular flexibility index (Phi) is 4.46. The van der Waals surface area contributed by atoms with Crippen LogP contribution in [0.3, 0.4) is 0 Å². The number of carboxylic acids is 1. The molecule has 0 aliphatic rings. The number of nitrogens with zero attached hydrogens (tertiary/aromatic N) is 3. The Morgan fingerprint density at radius 1 is 1.43 bits per heavy atom. The number of carbonyl (C=O) groups is 2.